The highest BCUT2D eigenvalue weighted by Crippen LogP contribution is 2.16. The van der Waals surface area contributed by atoms with Gasteiger partial charge in [0.15, 0.2) is 0 Å². The van der Waals surface area contributed by atoms with Crippen molar-refractivity contribution in [1.82, 2.24) is 5.32 Å². The maximum atomic E-state index is 12.0. The van der Waals surface area contributed by atoms with Crippen molar-refractivity contribution in [2.75, 3.05) is 19.8 Å². The minimum atomic E-state index is -0.0891. The van der Waals surface area contributed by atoms with Crippen LogP contribution in [0.25, 0.3) is 0 Å². The Morgan fingerprint density at radius 1 is 1.67 bits per heavy atom. The van der Waals surface area contributed by atoms with Crippen molar-refractivity contribution < 1.29 is 14.6 Å². The molecule has 2 N–H and O–H groups in total. The number of thiophene rings is 1. The number of aliphatic hydroxyl groups is 1. The van der Waals surface area contributed by atoms with Crippen LogP contribution in [-0.4, -0.2) is 36.9 Å². The molecule has 0 radical (unpaired) electrons. The zero-order valence-corrected chi connectivity index (χ0v) is 10.8. The summed E-state index contributed by atoms with van der Waals surface area (Å²) >= 11 is 1.38. The van der Waals surface area contributed by atoms with Gasteiger partial charge in [0.2, 0.25) is 0 Å². The van der Waals surface area contributed by atoms with Crippen LogP contribution in [0.3, 0.4) is 0 Å². The van der Waals surface area contributed by atoms with Gasteiger partial charge in [-0.25, -0.2) is 0 Å². The topological polar surface area (TPSA) is 58.6 Å². The van der Waals surface area contributed by atoms with Crippen LogP contribution in [-0.2, 0) is 4.74 Å². The molecule has 1 amide bonds. The van der Waals surface area contributed by atoms with Gasteiger partial charge in [-0.3, -0.25) is 4.79 Å². The third-order valence-corrected chi connectivity index (χ3v) is 3.51. The Labute approximate surface area is 110 Å². The SMILES string of the molecule is O=C(NC1CCOC1)c1sccc1C#CCCO. The summed E-state index contributed by atoms with van der Waals surface area (Å²) < 4.78 is 5.22. The van der Waals surface area contributed by atoms with Crippen LogP contribution in [0.4, 0.5) is 0 Å². The van der Waals surface area contributed by atoms with E-state index in [9.17, 15) is 4.79 Å². The number of hydrogen-bond donors (Lipinski definition) is 2. The summed E-state index contributed by atoms with van der Waals surface area (Å²) in [5.74, 6) is 5.65. The summed E-state index contributed by atoms with van der Waals surface area (Å²) in [6.07, 6.45) is 1.29. The molecule has 0 aromatic carbocycles. The predicted molar refractivity (Wildman–Crippen MR) is 69.6 cm³/mol. The molecule has 2 heterocycles. The van der Waals surface area contributed by atoms with Crippen molar-refractivity contribution in [3.8, 4) is 11.8 Å². The van der Waals surface area contributed by atoms with Gasteiger partial charge >= 0.3 is 0 Å². The Hall–Kier alpha value is -1.35. The van der Waals surface area contributed by atoms with Gasteiger partial charge < -0.3 is 15.2 Å². The number of amides is 1. The molecule has 1 aromatic rings. The van der Waals surface area contributed by atoms with E-state index in [1.54, 1.807) is 0 Å². The molecular formula is C13H15NO3S. The fourth-order valence-electron chi connectivity index (χ4n) is 1.70. The quantitative estimate of drug-likeness (QED) is 0.802. The lowest BCUT2D eigenvalue weighted by Gasteiger charge is -2.09. The van der Waals surface area contributed by atoms with Crippen molar-refractivity contribution in [3.05, 3.63) is 21.9 Å². The minimum Gasteiger partial charge on any atom is -0.395 e. The van der Waals surface area contributed by atoms with Crippen LogP contribution in [0.5, 0.6) is 0 Å². The van der Waals surface area contributed by atoms with Gasteiger partial charge in [0.05, 0.1) is 19.3 Å². The largest absolute Gasteiger partial charge is 0.395 e. The van der Waals surface area contributed by atoms with Crippen molar-refractivity contribution in [1.29, 1.82) is 0 Å². The number of nitrogens with one attached hydrogen (secondary N) is 1. The van der Waals surface area contributed by atoms with Crippen LogP contribution in [0.15, 0.2) is 11.4 Å². The molecule has 1 aromatic heterocycles. The van der Waals surface area contributed by atoms with Gasteiger partial charge in [0, 0.05) is 18.6 Å². The van der Waals surface area contributed by atoms with E-state index in [4.69, 9.17) is 9.84 Å². The Morgan fingerprint density at radius 3 is 3.28 bits per heavy atom. The van der Waals surface area contributed by atoms with Gasteiger partial charge in [-0.15, -0.1) is 11.3 Å². The summed E-state index contributed by atoms with van der Waals surface area (Å²) in [6.45, 7) is 1.33. The van der Waals surface area contributed by atoms with Crippen LogP contribution >= 0.6 is 11.3 Å². The average Bonchev–Trinajstić information content (AvgIpc) is 3.00. The van der Waals surface area contributed by atoms with Gasteiger partial charge in [0.1, 0.15) is 4.88 Å². The maximum absolute atomic E-state index is 12.0. The number of rotatable bonds is 3. The van der Waals surface area contributed by atoms with Crippen molar-refractivity contribution in [2.45, 2.75) is 18.9 Å². The molecule has 0 bridgehead atoms. The monoisotopic (exact) mass is 265 g/mol. The fourth-order valence-corrected chi connectivity index (χ4v) is 2.45. The van der Waals surface area contributed by atoms with Crippen LogP contribution in [0, 0.1) is 11.8 Å². The second-order valence-corrected chi connectivity index (χ2v) is 4.89. The highest BCUT2D eigenvalue weighted by atomic mass is 32.1. The van der Waals surface area contributed by atoms with E-state index in [1.165, 1.54) is 11.3 Å². The van der Waals surface area contributed by atoms with E-state index in [-0.39, 0.29) is 18.6 Å². The second-order valence-electron chi connectivity index (χ2n) is 3.97. The molecule has 1 atom stereocenters. The summed E-state index contributed by atoms with van der Waals surface area (Å²) in [4.78, 5) is 12.7. The molecule has 96 valence electrons. The number of carbonyl (C=O) groups excluding carboxylic acids is 1. The van der Waals surface area contributed by atoms with Crippen LogP contribution < -0.4 is 5.32 Å². The summed E-state index contributed by atoms with van der Waals surface area (Å²) in [5.41, 5.74) is 0.727. The third kappa shape index (κ3) is 3.33. The van der Waals surface area contributed by atoms with Gasteiger partial charge in [0.25, 0.3) is 5.91 Å². The Kier molecular flexibility index (Phi) is 4.76. The fraction of sp³-hybridized carbons (Fsp3) is 0.462. The van der Waals surface area contributed by atoms with Crippen molar-refractivity contribution in [3.63, 3.8) is 0 Å². The Morgan fingerprint density at radius 2 is 2.56 bits per heavy atom. The zero-order chi connectivity index (χ0) is 12.8. The molecule has 0 aliphatic carbocycles. The van der Waals surface area contributed by atoms with Gasteiger partial charge in [-0.1, -0.05) is 11.8 Å². The molecule has 5 heteroatoms. The first-order chi connectivity index (χ1) is 8.81. The highest BCUT2D eigenvalue weighted by molar-refractivity contribution is 7.12. The van der Waals surface area contributed by atoms with Gasteiger partial charge in [-0.05, 0) is 17.9 Å². The molecular weight excluding hydrogens is 250 g/mol. The summed E-state index contributed by atoms with van der Waals surface area (Å²) in [5, 5.41) is 13.5. The smallest absolute Gasteiger partial charge is 0.262 e. The van der Waals surface area contributed by atoms with E-state index < -0.39 is 0 Å². The molecule has 1 aliphatic heterocycles. The van der Waals surface area contributed by atoms with Crippen LogP contribution in [0.2, 0.25) is 0 Å². The maximum Gasteiger partial charge on any atom is 0.262 e. The standard InChI is InChI=1S/C13H15NO3S/c15-6-2-1-3-10-5-8-18-12(10)13(16)14-11-4-7-17-9-11/h5,8,11,15H,2,4,6-7,9H2,(H,14,16). The van der Waals surface area contributed by atoms with E-state index in [2.05, 4.69) is 17.2 Å². The lowest BCUT2D eigenvalue weighted by atomic mass is 10.2. The first-order valence-electron chi connectivity index (χ1n) is 5.87. The number of ether oxygens (including phenoxy) is 1. The van der Waals surface area contributed by atoms with Crippen LogP contribution in [0.1, 0.15) is 28.1 Å². The summed E-state index contributed by atoms with van der Waals surface area (Å²) in [6, 6.07) is 1.94. The van der Waals surface area contributed by atoms with Crippen molar-refractivity contribution in [2.24, 2.45) is 0 Å². The van der Waals surface area contributed by atoms with E-state index in [0.29, 0.717) is 24.5 Å². The number of aliphatic hydroxyl groups excluding tert-OH is 1. The zero-order valence-electron chi connectivity index (χ0n) is 9.94. The number of carbonyl (C=O) groups is 1. The molecule has 4 nitrogen and oxygen atoms in total. The first-order valence-corrected chi connectivity index (χ1v) is 6.75. The molecule has 1 aliphatic rings. The van der Waals surface area contributed by atoms with E-state index >= 15 is 0 Å². The lowest BCUT2D eigenvalue weighted by Crippen LogP contribution is -2.34. The predicted octanol–water partition coefficient (Wildman–Crippen LogP) is 1.00. The first kappa shape index (κ1) is 13.1. The van der Waals surface area contributed by atoms with Crippen molar-refractivity contribution >= 4 is 17.2 Å². The Balaban J connectivity index is 2.01. The van der Waals surface area contributed by atoms with Gasteiger partial charge in [-0.2, -0.15) is 0 Å². The lowest BCUT2D eigenvalue weighted by molar-refractivity contribution is 0.0934. The third-order valence-electron chi connectivity index (χ3n) is 2.60. The average molecular weight is 265 g/mol. The highest BCUT2D eigenvalue weighted by Gasteiger charge is 2.20. The molecule has 2 rings (SSSR count). The van der Waals surface area contributed by atoms with E-state index in [1.807, 2.05) is 11.4 Å². The molecule has 0 saturated carbocycles. The van der Waals surface area contributed by atoms with E-state index in [0.717, 1.165) is 12.0 Å². The normalized spacial score (nSPS) is 18.2. The molecule has 0 spiro atoms. The second kappa shape index (κ2) is 6.55. The number of hydrogen-bond acceptors (Lipinski definition) is 4. The Bertz CT molecular complexity index is 466. The minimum absolute atomic E-state index is 0.0398. The molecule has 18 heavy (non-hydrogen) atoms. The molecule has 1 saturated heterocycles. The molecule has 1 fully saturated rings. The molecule has 1 unspecified atom stereocenters. The summed E-state index contributed by atoms with van der Waals surface area (Å²) in [7, 11) is 0.